The van der Waals surface area contributed by atoms with Crippen LogP contribution < -0.4 is 21.5 Å². The Kier molecular flexibility index (Phi) is 6.98. The molecule has 1 aliphatic carbocycles. The summed E-state index contributed by atoms with van der Waals surface area (Å²) in [5.74, 6) is 1.47. The third-order valence-corrected chi connectivity index (χ3v) is 6.87. The molecule has 1 aliphatic heterocycles. The first-order valence-electron chi connectivity index (χ1n) is 11.2. The van der Waals surface area contributed by atoms with Gasteiger partial charge in [-0.1, -0.05) is 23.7 Å². The molecular weight excluding hydrogens is 472 g/mol. The second-order valence-electron chi connectivity index (χ2n) is 8.64. The number of hydrogen-bond acceptors (Lipinski definition) is 1. The number of carbonyl (C=O) groups is 1. The van der Waals surface area contributed by atoms with E-state index >= 15 is 0 Å². The Balaban J connectivity index is 0.00000231. The minimum Gasteiger partial charge on any atom is -1.00 e. The molecule has 2 heterocycles. The minimum absolute atomic E-state index is 0. The highest BCUT2D eigenvalue weighted by Crippen LogP contribution is 2.26. The van der Waals surface area contributed by atoms with E-state index in [1.54, 1.807) is 0 Å². The molecule has 0 atom stereocenters. The van der Waals surface area contributed by atoms with E-state index in [4.69, 9.17) is 11.6 Å². The third-order valence-electron chi connectivity index (χ3n) is 6.62. The van der Waals surface area contributed by atoms with E-state index < -0.39 is 0 Å². The van der Waals surface area contributed by atoms with Crippen LogP contribution in [0.1, 0.15) is 59.4 Å². The minimum atomic E-state index is 0. The molecule has 0 saturated carbocycles. The number of aromatic nitrogens is 2. The molecule has 2 aromatic carbocycles. The Labute approximate surface area is 199 Å². The maximum absolute atomic E-state index is 13.2. The predicted octanol–water partition coefficient (Wildman–Crippen LogP) is 2.59. The number of benzene rings is 2. The quantitative estimate of drug-likeness (QED) is 0.400. The van der Waals surface area contributed by atoms with Crippen molar-refractivity contribution in [3.05, 3.63) is 76.2 Å². The molecule has 1 aromatic heterocycles. The zero-order valence-electron chi connectivity index (χ0n) is 17.7. The Morgan fingerprint density at radius 1 is 0.903 bits per heavy atom. The molecular formula is C26H28BrClN2O. The molecule has 2 aliphatic rings. The van der Waals surface area contributed by atoms with E-state index in [9.17, 15) is 4.79 Å². The van der Waals surface area contributed by atoms with Gasteiger partial charge in [0.1, 0.15) is 6.20 Å². The van der Waals surface area contributed by atoms with Crippen LogP contribution in [-0.4, -0.2) is 10.4 Å². The van der Waals surface area contributed by atoms with Gasteiger partial charge in [0, 0.05) is 22.6 Å². The summed E-state index contributed by atoms with van der Waals surface area (Å²) in [4.78, 5) is 13.2. The summed E-state index contributed by atoms with van der Waals surface area (Å²) in [6.07, 6.45) is 11.5. The number of rotatable bonds is 4. The molecule has 3 nitrogen and oxygen atoms in total. The molecule has 0 N–H and O–H groups in total. The SMILES string of the molecule is O=C(C[n+]1cc(-c2ccc(Cl)cc2)n2c1CCCCC2)c1ccc2c(c1)CCCC2.[Br-]. The summed E-state index contributed by atoms with van der Waals surface area (Å²) in [7, 11) is 0. The maximum atomic E-state index is 13.2. The fraction of sp³-hybridized carbons (Fsp3) is 0.385. The number of aryl methyl sites for hydroxylation is 2. The number of ketones is 1. The van der Waals surface area contributed by atoms with Gasteiger partial charge in [-0.25, -0.2) is 9.13 Å². The smallest absolute Gasteiger partial charge is 0.257 e. The number of hydrogen-bond donors (Lipinski definition) is 0. The van der Waals surface area contributed by atoms with Crippen molar-refractivity contribution in [1.82, 2.24) is 4.57 Å². The standard InChI is InChI=1S/C26H28ClN2O.BrH/c27-23-13-11-20(12-14-23)24-17-28(26-8-2-1-5-15-29(24)26)18-25(30)22-10-9-19-6-3-4-7-21(19)16-22;/h9-14,16-17H,1-8,15,18H2;1H/q+1;/p-1. The zero-order chi connectivity index (χ0) is 20.5. The zero-order valence-corrected chi connectivity index (χ0v) is 20.1. The van der Waals surface area contributed by atoms with Gasteiger partial charge in [0.2, 0.25) is 5.78 Å². The summed E-state index contributed by atoms with van der Waals surface area (Å²) in [6, 6.07) is 14.4. The van der Waals surface area contributed by atoms with Crippen molar-refractivity contribution in [3.63, 3.8) is 0 Å². The van der Waals surface area contributed by atoms with Crippen molar-refractivity contribution < 1.29 is 26.3 Å². The molecule has 31 heavy (non-hydrogen) atoms. The lowest BCUT2D eigenvalue weighted by molar-refractivity contribution is -0.690. The normalized spacial score (nSPS) is 15.4. The second kappa shape index (κ2) is 9.70. The lowest BCUT2D eigenvalue weighted by Gasteiger charge is -2.16. The first-order valence-corrected chi connectivity index (χ1v) is 11.6. The largest absolute Gasteiger partial charge is 1.00 e. The number of carbonyl (C=O) groups excluding carboxylic acids is 1. The Hall–Kier alpha value is -1.91. The molecule has 0 amide bonds. The molecule has 162 valence electrons. The van der Waals surface area contributed by atoms with Gasteiger partial charge in [-0.05, 0) is 86.4 Å². The lowest BCUT2D eigenvalue weighted by Crippen LogP contribution is -3.00. The Morgan fingerprint density at radius 3 is 2.45 bits per heavy atom. The summed E-state index contributed by atoms with van der Waals surface area (Å²) in [5, 5.41) is 0.747. The van der Waals surface area contributed by atoms with Crippen LogP contribution in [0.25, 0.3) is 11.3 Å². The third kappa shape index (κ3) is 4.65. The van der Waals surface area contributed by atoms with Gasteiger partial charge in [-0.15, -0.1) is 0 Å². The lowest BCUT2D eigenvalue weighted by atomic mass is 9.90. The van der Waals surface area contributed by atoms with Gasteiger partial charge in [-0.2, -0.15) is 0 Å². The van der Waals surface area contributed by atoms with Crippen molar-refractivity contribution in [3.8, 4) is 11.3 Å². The van der Waals surface area contributed by atoms with Gasteiger partial charge in [-0.3, -0.25) is 4.79 Å². The van der Waals surface area contributed by atoms with E-state index in [-0.39, 0.29) is 22.8 Å². The van der Waals surface area contributed by atoms with Crippen LogP contribution in [0.15, 0.2) is 48.7 Å². The van der Waals surface area contributed by atoms with Crippen LogP contribution in [0, 0.1) is 0 Å². The van der Waals surface area contributed by atoms with E-state index in [2.05, 4.69) is 39.6 Å². The highest BCUT2D eigenvalue weighted by molar-refractivity contribution is 6.30. The summed E-state index contributed by atoms with van der Waals surface area (Å²) < 4.78 is 4.60. The van der Waals surface area contributed by atoms with Gasteiger partial charge in [0.15, 0.2) is 12.2 Å². The first-order chi connectivity index (χ1) is 14.7. The van der Waals surface area contributed by atoms with Gasteiger partial charge < -0.3 is 17.0 Å². The van der Waals surface area contributed by atoms with Crippen molar-refractivity contribution in [2.24, 2.45) is 0 Å². The van der Waals surface area contributed by atoms with Crippen LogP contribution in [0.5, 0.6) is 0 Å². The summed E-state index contributed by atoms with van der Waals surface area (Å²) in [6.45, 7) is 1.41. The first kappa shape index (κ1) is 22.3. The van der Waals surface area contributed by atoms with Crippen LogP contribution in [0.4, 0.5) is 0 Å². The summed E-state index contributed by atoms with van der Waals surface area (Å²) in [5.41, 5.74) is 5.98. The monoisotopic (exact) mass is 498 g/mol. The van der Waals surface area contributed by atoms with Gasteiger partial charge >= 0.3 is 0 Å². The van der Waals surface area contributed by atoms with Crippen molar-refractivity contribution >= 4 is 17.4 Å². The van der Waals surface area contributed by atoms with E-state index in [1.165, 1.54) is 54.7 Å². The molecule has 0 spiro atoms. The van der Waals surface area contributed by atoms with Crippen molar-refractivity contribution in [1.29, 1.82) is 0 Å². The van der Waals surface area contributed by atoms with Crippen LogP contribution in [0.2, 0.25) is 5.02 Å². The molecule has 0 bridgehead atoms. The highest BCUT2D eigenvalue weighted by Gasteiger charge is 2.27. The van der Waals surface area contributed by atoms with E-state index in [1.807, 2.05) is 18.2 Å². The van der Waals surface area contributed by atoms with E-state index in [0.717, 1.165) is 42.0 Å². The fourth-order valence-corrected chi connectivity index (χ4v) is 5.11. The number of imidazole rings is 1. The predicted molar refractivity (Wildman–Crippen MR) is 120 cm³/mol. The van der Waals surface area contributed by atoms with Gasteiger partial charge in [0.05, 0.1) is 6.54 Å². The molecule has 0 fully saturated rings. The molecule has 0 unspecified atom stereocenters. The van der Waals surface area contributed by atoms with Crippen LogP contribution >= 0.6 is 11.6 Å². The number of halogens is 2. The van der Waals surface area contributed by atoms with Crippen molar-refractivity contribution in [2.45, 2.75) is 64.5 Å². The van der Waals surface area contributed by atoms with Crippen LogP contribution in [-0.2, 0) is 32.4 Å². The Morgan fingerprint density at radius 2 is 1.65 bits per heavy atom. The Bertz CT molecular complexity index is 1090. The number of nitrogens with zero attached hydrogens (tertiary/aromatic N) is 2. The maximum Gasteiger partial charge on any atom is 0.257 e. The summed E-state index contributed by atoms with van der Waals surface area (Å²) >= 11 is 6.10. The van der Waals surface area contributed by atoms with Crippen LogP contribution in [0.3, 0.4) is 0 Å². The van der Waals surface area contributed by atoms with Crippen molar-refractivity contribution in [2.75, 3.05) is 0 Å². The molecule has 3 aromatic rings. The molecule has 5 heteroatoms. The number of Topliss-reactive ketones (excluding diaryl/α,β-unsaturated/α-hetero) is 1. The molecule has 0 saturated heterocycles. The molecule has 0 radical (unpaired) electrons. The average Bonchev–Trinajstić information content (AvgIpc) is 2.94. The van der Waals surface area contributed by atoms with Gasteiger partial charge in [0.25, 0.3) is 5.82 Å². The number of fused-ring (bicyclic) bond motifs is 2. The highest BCUT2D eigenvalue weighted by atomic mass is 79.9. The fourth-order valence-electron chi connectivity index (χ4n) is 4.98. The second-order valence-corrected chi connectivity index (χ2v) is 9.08. The molecule has 5 rings (SSSR count). The van der Waals surface area contributed by atoms with E-state index in [0.29, 0.717) is 6.54 Å². The average molecular weight is 500 g/mol. The topological polar surface area (TPSA) is 25.9 Å².